The number of amides is 1. The van der Waals surface area contributed by atoms with Gasteiger partial charge in [0.1, 0.15) is 11.5 Å². The van der Waals surface area contributed by atoms with Crippen LogP contribution in [0.2, 0.25) is 0 Å². The van der Waals surface area contributed by atoms with Crippen LogP contribution in [0.5, 0.6) is 0 Å². The summed E-state index contributed by atoms with van der Waals surface area (Å²) in [4.78, 5) is 12.2. The lowest BCUT2D eigenvalue weighted by Gasteiger charge is -2.05. The van der Waals surface area contributed by atoms with Gasteiger partial charge < -0.3 is 9.84 Å². The molecule has 1 amide bonds. The van der Waals surface area contributed by atoms with Gasteiger partial charge in [-0.3, -0.25) is 4.79 Å². The molecule has 0 saturated heterocycles. The van der Waals surface area contributed by atoms with Crippen molar-refractivity contribution in [3.8, 4) is 11.3 Å². The molecule has 0 bridgehead atoms. The first-order valence-corrected chi connectivity index (χ1v) is 7.59. The number of benzene rings is 2. The van der Waals surface area contributed by atoms with E-state index >= 15 is 0 Å². The van der Waals surface area contributed by atoms with E-state index in [1.54, 1.807) is 18.2 Å². The number of hydrogen-bond acceptors (Lipinski definition) is 3. The molecule has 0 fully saturated rings. The Labute approximate surface area is 139 Å². The van der Waals surface area contributed by atoms with Gasteiger partial charge in [0.25, 0.3) is 5.91 Å². The summed E-state index contributed by atoms with van der Waals surface area (Å²) in [5.41, 5.74) is 4.04. The highest BCUT2D eigenvalue weighted by atomic mass is 19.1. The minimum atomic E-state index is -0.306. The normalized spacial score (nSPS) is 10.6. The predicted molar refractivity (Wildman–Crippen MR) is 89.0 cm³/mol. The first kappa shape index (κ1) is 15.9. The molecule has 0 atom stereocenters. The Kier molecular flexibility index (Phi) is 4.42. The largest absolute Gasteiger partial charge is 0.356 e. The van der Waals surface area contributed by atoms with Gasteiger partial charge in [-0.05, 0) is 50.2 Å². The number of aromatic nitrogens is 1. The van der Waals surface area contributed by atoms with E-state index < -0.39 is 0 Å². The van der Waals surface area contributed by atoms with Crippen LogP contribution in [0.4, 0.5) is 4.39 Å². The third kappa shape index (κ3) is 3.68. The minimum absolute atomic E-state index is 0.159. The van der Waals surface area contributed by atoms with Crippen molar-refractivity contribution in [2.24, 2.45) is 0 Å². The zero-order chi connectivity index (χ0) is 17.1. The maximum absolute atomic E-state index is 12.9. The van der Waals surface area contributed by atoms with Crippen LogP contribution in [0, 0.1) is 19.7 Å². The molecule has 1 N–H and O–H groups in total. The standard InChI is InChI=1S/C19H17FN2O2/c1-12-7-13(2)9-15(8-12)19(23)21-11-17-10-18(24-22-17)14-3-5-16(20)6-4-14/h3-10H,11H2,1-2H3,(H,21,23). The number of hydrogen-bond donors (Lipinski definition) is 1. The Balaban J connectivity index is 1.67. The summed E-state index contributed by atoms with van der Waals surface area (Å²) in [6.07, 6.45) is 0. The number of rotatable bonds is 4. The number of carbonyl (C=O) groups excluding carboxylic acids is 1. The molecule has 0 aliphatic rings. The molecule has 0 aliphatic heterocycles. The summed E-state index contributed by atoms with van der Waals surface area (Å²) in [5, 5.41) is 6.75. The fourth-order valence-corrected chi connectivity index (χ4v) is 2.52. The molecule has 3 aromatic rings. The third-order valence-corrected chi connectivity index (χ3v) is 3.60. The van der Waals surface area contributed by atoms with Crippen molar-refractivity contribution in [2.45, 2.75) is 20.4 Å². The van der Waals surface area contributed by atoms with Crippen molar-refractivity contribution in [3.63, 3.8) is 0 Å². The summed E-state index contributed by atoms with van der Waals surface area (Å²) < 4.78 is 18.2. The van der Waals surface area contributed by atoms with E-state index in [1.165, 1.54) is 12.1 Å². The topological polar surface area (TPSA) is 55.1 Å². The first-order valence-electron chi connectivity index (χ1n) is 7.59. The summed E-state index contributed by atoms with van der Waals surface area (Å²) in [6.45, 7) is 4.17. The molecule has 4 nitrogen and oxygen atoms in total. The van der Waals surface area contributed by atoms with Crippen molar-refractivity contribution in [2.75, 3.05) is 0 Å². The Morgan fingerprint density at radius 1 is 1.08 bits per heavy atom. The molecule has 0 saturated carbocycles. The van der Waals surface area contributed by atoms with Gasteiger partial charge in [0.2, 0.25) is 0 Å². The summed E-state index contributed by atoms with van der Waals surface area (Å²) in [7, 11) is 0. The van der Waals surface area contributed by atoms with Crippen molar-refractivity contribution in [3.05, 3.63) is 76.7 Å². The van der Waals surface area contributed by atoms with Crippen LogP contribution < -0.4 is 5.32 Å². The number of nitrogens with one attached hydrogen (secondary N) is 1. The van der Waals surface area contributed by atoms with Gasteiger partial charge in [-0.2, -0.15) is 0 Å². The third-order valence-electron chi connectivity index (χ3n) is 3.60. The summed E-state index contributed by atoms with van der Waals surface area (Å²) >= 11 is 0. The molecule has 5 heteroatoms. The van der Waals surface area contributed by atoms with Crippen LogP contribution in [0.15, 0.2) is 53.1 Å². The van der Waals surface area contributed by atoms with E-state index in [-0.39, 0.29) is 18.3 Å². The lowest BCUT2D eigenvalue weighted by molar-refractivity contribution is 0.0950. The Bertz CT molecular complexity index is 849. The quantitative estimate of drug-likeness (QED) is 0.788. The van der Waals surface area contributed by atoms with Gasteiger partial charge in [-0.15, -0.1) is 0 Å². The fourth-order valence-electron chi connectivity index (χ4n) is 2.52. The van der Waals surface area contributed by atoms with Crippen molar-refractivity contribution in [1.29, 1.82) is 0 Å². The van der Waals surface area contributed by atoms with Crippen LogP contribution >= 0.6 is 0 Å². The Morgan fingerprint density at radius 2 is 1.75 bits per heavy atom. The molecule has 0 radical (unpaired) electrons. The average molecular weight is 324 g/mol. The number of nitrogens with zero attached hydrogens (tertiary/aromatic N) is 1. The summed E-state index contributed by atoms with van der Waals surface area (Å²) in [6, 6.07) is 13.4. The van der Waals surface area contributed by atoms with Crippen LogP contribution in [-0.2, 0) is 6.54 Å². The van der Waals surface area contributed by atoms with Gasteiger partial charge in [0.05, 0.1) is 6.54 Å². The zero-order valence-corrected chi connectivity index (χ0v) is 13.5. The number of carbonyl (C=O) groups is 1. The van der Waals surface area contributed by atoms with E-state index in [2.05, 4.69) is 10.5 Å². The first-order chi connectivity index (χ1) is 11.5. The highest BCUT2D eigenvalue weighted by Crippen LogP contribution is 2.20. The molecular formula is C19H17FN2O2. The van der Waals surface area contributed by atoms with Crippen LogP contribution in [0.1, 0.15) is 27.2 Å². The van der Waals surface area contributed by atoms with E-state index in [4.69, 9.17) is 4.52 Å². The van der Waals surface area contributed by atoms with E-state index in [9.17, 15) is 9.18 Å². The van der Waals surface area contributed by atoms with E-state index in [0.717, 1.165) is 16.7 Å². The second-order valence-corrected chi connectivity index (χ2v) is 5.75. The van der Waals surface area contributed by atoms with Crippen molar-refractivity contribution < 1.29 is 13.7 Å². The minimum Gasteiger partial charge on any atom is -0.356 e. The SMILES string of the molecule is Cc1cc(C)cc(C(=O)NCc2cc(-c3ccc(F)cc3)on2)c1. The molecule has 0 spiro atoms. The molecule has 2 aromatic carbocycles. The second kappa shape index (κ2) is 6.66. The Hall–Kier alpha value is -2.95. The smallest absolute Gasteiger partial charge is 0.251 e. The maximum Gasteiger partial charge on any atom is 0.251 e. The lowest BCUT2D eigenvalue weighted by Crippen LogP contribution is -2.23. The molecule has 0 aliphatic carbocycles. The molecule has 0 unspecified atom stereocenters. The molecule has 122 valence electrons. The zero-order valence-electron chi connectivity index (χ0n) is 13.5. The fraction of sp³-hybridized carbons (Fsp3) is 0.158. The highest BCUT2D eigenvalue weighted by molar-refractivity contribution is 5.94. The molecule has 1 heterocycles. The molecule has 3 rings (SSSR count). The molecular weight excluding hydrogens is 307 g/mol. The van der Waals surface area contributed by atoms with Gasteiger partial charge in [-0.25, -0.2) is 4.39 Å². The average Bonchev–Trinajstić information content (AvgIpc) is 3.01. The second-order valence-electron chi connectivity index (χ2n) is 5.75. The van der Waals surface area contributed by atoms with Crippen molar-refractivity contribution in [1.82, 2.24) is 10.5 Å². The summed E-state index contributed by atoms with van der Waals surface area (Å²) in [5.74, 6) is 0.0676. The van der Waals surface area contributed by atoms with Crippen molar-refractivity contribution >= 4 is 5.91 Å². The highest BCUT2D eigenvalue weighted by Gasteiger charge is 2.10. The Morgan fingerprint density at radius 3 is 2.42 bits per heavy atom. The van der Waals surface area contributed by atoms with E-state index in [1.807, 2.05) is 32.0 Å². The predicted octanol–water partition coefficient (Wildman–Crippen LogP) is 4.03. The van der Waals surface area contributed by atoms with Crippen LogP contribution in [0.25, 0.3) is 11.3 Å². The lowest BCUT2D eigenvalue weighted by atomic mass is 10.1. The molecule has 1 aromatic heterocycles. The van der Waals surface area contributed by atoms with E-state index in [0.29, 0.717) is 17.0 Å². The van der Waals surface area contributed by atoms with Crippen LogP contribution in [-0.4, -0.2) is 11.1 Å². The monoisotopic (exact) mass is 324 g/mol. The number of aryl methyl sites for hydroxylation is 2. The maximum atomic E-state index is 12.9. The van der Waals surface area contributed by atoms with Gasteiger partial charge >= 0.3 is 0 Å². The van der Waals surface area contributed by atoms with Gasteiger partial charge in [-0.1, -0.05) is 22.3 Å². The van der Waals surface area contributed by atoms with Crippen LogP contribution in [0.3, 0.4) is 0 Å². The van der Waals surface area contributed by atoms with Gasteiger partial charge in [0, 0.05) is 17.2 Å². The number of halogens is 1. The van der Waals surface area contributed by atoms with Gasteiger partial charge in [0.15, 0.2) is 5.76 Å². The molecule has 24 heavy (non-hydrogen) atoms.